The number of carbonyl (C=O) groups is 2. The molecule has 11 heteroatoms. The molecule has 0 radical (unpaired) electrons. The van der Waals surface area contributed by atoms with Crippen LogP contribution in [0, 0.1) is 17.5 Å². The van der Waals surface area contributed by atoms with Crippen molar-refractivity contribution in [3.05, 3.63) is 62.8 Å². The Bertz CT molecular complexity index is 1090. The van der Waals surface area contributed by atoms with E-state index >= 15 is 0 Å². The van der Waals surface area contributed by atoms with Crippen LogP contribution in [0.15, 0.2) is 23.1 Å². The van der Waals surface area contributed by atoms with Crippen LogP contribution in [-0.4, -0.2) is 46.3 Å². The van der Waals surface area contributed by atoms with Crippen molar-refractivity contribution < 1.29 is 27.9 Å². The number of nitrogens with zero attached hydrogens (tertiary/aromatic N) is 3. The first-order valence-electron chi connectivity index (χ1n) is 9.22. The van der Waals surface area contributed by atoms with Crippen LogP contribution in [-0.2, 0) is 6.54 Å². The molecule has 4 rings (SSSR count). The Morgan fingerprint density at radius 2 is 1.77 bits per heavy atom. The van der Waals surface area contributed by atoms with Crippen LogP contribution >= 0.6 is 0 Å². The molecule has 1 saturated heterocycles. The maximum Gasteiger partial charge on any atom is 0.277 e. The summed E-state index contributed by atoms with van der Waals surface area (Å²) in [5.74, 6) is -5.87. The monoisotopic (exact) mass is 422 g/mol. The molecule has 30 heavy (non-hydrogen) atoms. The summed E-state index contributed by atoms with van der Waals surface area (Å²) in [5, 5.41) is 14.2. The van der Waals surface area contributed by atoms with Gasteiger partial charge in [-0.25, -0.2) is 13.2 Å². The van der Waals surface area contributed by atoms with Crippen molar-refractivity contribution >= 4 is 11.8 Å². The first-order valence-corrected chi connectivity index (χ1v) is 9.22. The molecule has 2 N–H and O–H groups in total. The number of aromatic hydroxyl groups is 1. The summed E-state index contributed by atoms with van der Waals surface area (Å²) in [7, 11) is 0. The van der Waals surface area contributed by atoms with E-state index in [9.17, 15) is 32.7 Å². The lowest BCUT2D eigenvalue weighted by Crippen LogP contribution is -2.53. The Balaban J connectivity index is 1.67. The molecule has 0 atom stereocenters. The lowest BCUT2D eigenvalue weighted by atomic mass is 10.1. The number of nitrogens with one attached hydrogen (secondary N) is 1. The molecular weight excluding hydrogens is 405 g/mol. The van der Waals surface area contributed by atoms with Crippen LogP contribution < -0.4 is 15.8 Å². The van der Waals surface area contributed by atoms with Crippen LogP contribution in [0.2, 0.25) is 0 Å². The highest BCUT2D eigenvalue weighted by molar-refractivity contribution is 5.99. The topological polar surface area (TPSA) is 94.9 Å². The first-order chi connectivity index (χ1) is 14.3. The lowest BCUT2D eigenvalue weighted by Gasteiger charge is -2.37. The average Bonchev–Trinajstić information content (AvgIpc) is 2.91. The van der Waals surface area contributed by atoms with Crippen molar-refractivity contribution in [3.63, 3.8) is 0 Å². The van der Waals surface area contributed by atoms with Gasteiger partial charge in [-0.15, -0.1) is 0 Å². The summed E-state index contributed by atoms with van der Waals surface area (Å²) in [6.45, 7) is 0.614. The van der Waals surface area contributed by atoms with Crippen molar-refractivity contribution in [3.8, 4) is 5.75 Å². The van der Waals surface area contributed by atoms with E-state index in [0.717, 1.165) is 19.0 Å². The molecule has 2 aliphatic rings. The Labute approximate surface area is 168 Å². The molecule has 158 valence electrons. The third kappa shape index (κ3) is 3.25. The van der Waals surface area contributed by atoms with E-state index in [2.05, 4.69) is 5.32 Å². The van der Waals surface area contributed by atoms with Crippen LogP contribution in [0.5, 0.6) is 5.75 Å². The van der Waals surface area contributed by atoms with E-state index in [1.807, 2.05) is 0 Å². The molecule has 2 bridgehead atoms. The maximum absolute atomic E-state index is 13.8. The molecule has 3 heterocycles. The highest BCUT2D eigenvalue weighted by atomic mass is 19.1. The number of aromatic nitrogens is 1. The minimum absolute atomic E-state index is 0.236. The van der Waals surface area contributed by atoms with Gasteiger partial charge in [-0.3, -0.25) is 24.1 Å². The predicted octanol–water partition coefficient (Wildman–Crippen LogP) is 1.05. The van der Waals surface area contributed by atoms with Gasteiger partial charge >= 0.3 is 0 Å². The Kier molecular flexibility index (Phi) is 4.88. The smallest absolute Gasteiger partial charge is 0.277 e. The van der Waals surface area contributed by atoms with E-state index in [4.69, 9.17) is 0 Å². The van der Waals surface area contributed by atoms with Gasteiger partial charge in [0.15, 0.2) is 11.4 Å². The molecule has 0 unspecified atom stereocenters. The Hall–Kier alpha value is -3.50. The van der Waals surface area contributed by atoms with Crippen molar-refractivity contribution in [2.75, 3.05) is 24.8 Å². The van der Waals surface area contributed by atoms with E-state index in [-0.39, 0.29) is 12.4 Å². The van der Waals surface area contributed by atoms with Gasteiger partial charge in [0.1, 0.15) is 29.7 Å². The number of halogens is 3. The molecule has 1 fully saturated rings. The maximum atomic E-state index is 13.8. The normalized spacial score (nSPS) is 15.6. The standard InChI is InChI=1S/C19H17F3N4O4/c20-10-5-13(21)11(14(22)6-10)7-23-18(29)12-8-26-15(17(28)16(12)27)19(30)24-3-1-2-4-25(26)9-24/h5-6,8,28H,1-4,7,9H2,(H,23,29). The summed E-state index contributed by atoms with van der Waals surface area (Å²) in [4.78, 5) is 39.1. The predicted molar refractivity (Wildman–Crippen MR) is 98.1 cm³/mol. The van der Waals surface area contributed by atoms with Gasteiger partial charge in [-0.1, -0.05) is 0 Å². The molecule has 0 spiro atoms. The molecule has 0 saturated carbocycles. The second-order valence-corrected chi connectivity index (χ2v) is 7.09. The van der Waals surface area contributed by atoms with Gasteiger partial charge in [0.25, 0.3) is 11.8 Å². The lowest BCUT2D eigenvalue weighted by molar-refractivity contribution is 0.0701. The molecule has 2 amide bonds. The second-order valence-electron chi connectivity index (χ2n) is 7.09. The molecule has 0 aliphatic carbocycles. The number of hydrogen-bond acceptors (Lipinski definition) is 5. The zero-order valence-corrected chi connectivity index (χ0v) is 15.6. The highest BCUT2D eigenvalue weighted by Gasteiger charge is 2.35. The largest absolute Gasteiger partial charge is 0.502 e. The van der Waals surface area contributed by atoms with E-state index in [0.29, 0.717) is 25.2 Å². The van der Waals surface area contributed by atoms with Gasteiger partial charge in [-0.2, -0.15) is 0 Å². The van der Waals surface area contributed by atoms with E-state index in [1.165, 1.54) is 9.58 Å². The SMILES string of the molecule is O=C(NCc1c(F)cc(F)cc1F)c1cn2c(c(O)c1=O)C(=O)N1CCCCN2C1. The van der Waals surface area contributed by atoms with Gasteiger partial charge < -0.3 is 15.3 Å². The fourth-order valence-corrected chi connectivity index (χ4v) is 3.60. The molecule has 2 aromatic rings. The van der Waals surface area contributed by atoms with Crippen molar-refractivity contribution in [1.82, 2.24) is 14.9 Å². The van der Waals surface area contributed by atoms with Gasteiger partial charge in [0, 0.05) is 43.5 Å². The molecule has 8 nitrogen and oxygen atoms in total. The number of benzene rings is 1. The zero-order valence-electron chi connectivity index (χ0n) is 15.6. The van der Waals surface area contributed by atoms with Gasteiger partial charge in [-0.05, 0) is 12.8 Å². The summed E-state index contributed by atoms with van der Waals surface area (Å²) in [6.07, 6.45) is 2.65. The average molecular weight is 422 g/mol. The number of rotatable bonds is 3. The molecule has 2 aliphatic heterocycles. The summed E-state index contributed by atoms with van der Waals surface area (Å²) in [6, 6.07) is 0.946. The second kappa shape index (κ2) is 7.39. The third-order valence-electron chi connectivity index (χ3n) is 5.16. The van der Waals surface area contributed by atoms with E-state index < -0.39 is 58.1 Å². The van der Waals surface area contributed by atoms with Crippen LogP contribution in [0.4, 0.5) is 13.2 Å². The van der Waals surface area contributed by atoms with Crippen LogP contribution in [0.1, 0.15) is 39.3 Å². The first kappa shape index (κ1) is 19.8. The number of carbonyl (C=O) groups excluding carboxylic acids is 2. The van der Waals surface area contributed by atoms with Gasteiger partial charge in [0.05, 0.1) is 0 Å². The zero-order chi connectivity index (χ0) is 21.6. The van der Waals surface area contributed by atoms with Crippen LogP contribution in [0.25, 0.3) is 0 Å². The number of hydrogen-bond donors (Lipinski definition) is 2. The molecular formula is C19H17F3N4O4. The highest BCUT2D eigenvalue weighted by Crippen LogP contribution is 2.23. The minimum atomic E-state index is -1.19. The number of pyridine rings is 1. The van der Waals surface area contributed by atoms with Gasteiger partial charge in [0.2, 0.25) is 5.43 Å². The van der Waals surface area contributed by atoms with Crippen molar-refractivity contribution in [1.29, 1.82) is 0 Å². The van der Waals surface area contributed by atoms with Crippen molar-refractivity contribution in [2.24, 2.45) is 0 Å². The van der Waals surface area contributed by atoms with E-state index in [1.54, 1.807) is 5.01 Å². The Morgan fingerprint density at radius 1 is 1.10 bits per heavy atom. The number of amides is 2. The fraction of sp³-hybridized carbons (Fsp3) is 0.316. The van der Waals surface area contributed by atoms with Crippen LogP contribution in [0.3, 0.4) is 0 Å². The summed E-state index contributed by atoms with van der Waals surface area (Å²) < 4.78 is 41.8. The number of fused-ring (bicyclic) bond motifs is 4. The third-order valence-corrected chi connectivity index (χ3v) is 5.16. The summed E-state index contributed by atoms with van der Waals surface area (Å²) >= 11 is 0. The molecule has 1 aromatic carbocycles. The Morgan fingerprint density at radius 3 is 2.47 bits per heavy atom. The summed E-state index contributed by atoms with van der Waals surface area (Å²) in [5.41, 5.74) is -2.39. The minimum Gasteiger partial charge on any atom is -0.502 e. The molecule has 1 aromatic heterocycles. The fourth-order valence-electron chi connectivity index (χ4n) is 3.60. The quantitative estimate of drug-likeness (QED) is 0.771. The van der Waals surface area contributed by atoms with Crippen molar-refractivity contribution in [2.45, 2.75) is 19.4 Å².